The molecule has 0 spiro atoms. The molecule has 3 unspecified atom stereocenters. The smallest absolute Gasteiger partial charge is 0.326 e. The quantitative estimate of drug-likeness (QED) is 0.0816. The molecule has 0 saturated carbocycles. The van der Waals surface area contributed by atoms with Crippen molar-refractivity contribution in [3.8, 4) is 0 Å². The Labute approximate surface area is 173 Å². The fourth-order valence-electron chi connectivity index (χ4n) is 2.25. The van der Waals surface area contributed by atoms with Crippen molar-refractivity contribution in [3.05, 3.63) is 0 Å². The van der Waals surface area contributed by atoms with Gasteiger partial charge in [-0.1, -0.05) is 0 Å². The lowest BCUT2D eigenvalue weighted by atomic mass is 10.1. The molecule has 0 rings (SSSR count). The normalized spacial score (nSPS) is 13.6. The van der Waals surface area contributed by atoms with Gasteiger partial charge in [-0.25, -0.2) is 4.79 Å². The van der Waals surface area contributed by atoms with E-state index < -0.39 is 41.8 Å². The fourth-order valence-corrected chi connectivity index (χ4v) is 2.72. The maximum Gasteiger partial charge on any atom is 0.326 e. The van der Waals surface area contributed by atoms with E-state index in [0.29, 0.717) is 25.1 Å². The molecular weight excluding hydrogens is 402 g/mol. The fraction of sp³-hybridized carbons (Fsp3) is 0.688. The second-order valence-electron chi connectivity index (χ2n) is 6.30. The third kappa shape index (κ3) is 12.5. The summed E-state index contributed by atoms with van der Waals surface area (Å²) in [5.74, 6) is -2.69. The van der Waals surface area contributed by atoms with Crippen LogP contribution in [-0.4, -0.2) is 71.4 Å². The van der Waals surface area contributed by atoms with E-state index in [1.807, 2.05) is 6.26 Å². The van der Waals surface area contributed by atoms with Gasteiger partial charge in [-0.2, -0.15) is 11.8 Å². The van der Waals surface area contributed by atoms with Crippen LogP contribution in [0.1, 0.15) is 32.1 Å². The second-order valence-corrected chi connectivity index (χ2v) is 7.29. The summed E-state index contributed by atoms with van der Waals surface area (Å²) in [5.41, 5.74) is 21.3. The number of aliphatic imine (C=N–C) groups is 1. The van der Waals surface area contributed by atoms with Crippen molar-refractivity contribution >= 4 is 41.4 Å². The van der Waals surface area contributed by atoms with Crippen molar-refractivity contribution in [3.63, 3.8) is 0 Å². The van der Waals surface area contributed by atoms with Crippen LogP contribution in [0.25, 0.3) is 0 Å². The molecule has 0 aromatic rings. The highest BCUT2D eigenvalue weighted by molar-refractivity contribution is 7.98. The van der Waals surface area contributed by atoms with Gasteiger partial charge in [0.1, 0.15) is 12.1 Å². The zero-order chi connectivity index (χ0) is 22.4. The molecule has 0 heterocycles. The number of nitrogens with one attached hydrogen (secondary N) is 2. The standard InChI is InChI=1S/C16H31N7O5S/c1-29-8-6-10(14(26)23-11(15(27)28)4-5-12(18)24)22-13(25)9(17)3-2-7-21-16(19)20/h9-11H,2-8,17H2,1H3,(H2,18,24)(H,22,25)(H,23,26)(H,27,28)(H4,19,20,21). The van der Waals surface area contributed by atoms with Crippen LogP contribution in [0.4, 0.5) is 0 Å². The Hall–Kier alpha value is -2.54. The summed E-state index contributed by atoms with van der Waals surface area (Å²) in [4.78, 5) is 50.8. The van der Waals surface area contributed by atoms with Gasteiger partial charge in [-0.15, -0.1) is 0 Å². The Morgan fingerprint density at radius 3 is 2.14 bits per heavy atom. The second kappa shape index (κ2) is 14.5. The first-order chi connectivity index (χ1) is 13.6. The molecule has 12 nitrogen and oxygen atoms in total. The van der Waals surface area contributed by atoms with Crippen LogP contribution in [0.2, 0.25) is 0 Å². The van der Waals surface area contributed by atoms with E-state index in [-0.39, 0.29) is 25.2 Å². The molecule has 0 aromatic heterocycles. The molecule has 0 bridgehead atoms. The Morgan fingerprint density at radius 2 is 1.62 bits per heavy atom. The topological polar surface area (TPSA) is 229 Å². The minimum Gasteiger partial charge on any atom is -0.480 e. The largest absolute Gasteiger partial charge is 0.480 e. The number of carboxylic acid groups (broad SMARTS) is 1. The number of hydrogen-bond acceptors (Lipinski definition) is 7. The molecule has 0 saturated heterocycles. The van der Waals surface area contributed by atoms with Crippen molar-refractivity contribution in [1.82, 2.24) is 10.6 Å². The zero-order valence-corrected chi connectivity index (χ0v) is 17.2. The molecule has 0 radical (unpaired) electrons. The highest BCUT2D eigenvalue weighted by Gasteiger charge is 2.27. The predicted octanol–water partition coefficient (Wildman–Crippen LogP) is -2.56. The van der Waals surface area contributed by atoms with E-state index in [4.69, 9.17) is 22.9 Å². The van der Waals surface area contributed by atoms with Gasteiger partial charge >= 0.3 is 5.97 Å². The first kappa shape index (κ1) is 26.5. The number of carbonyl (C=O) groups is 4. The summed E-state index contributed by atoms with van der Waals surface area (Å²) in [6, 6.07) is -3.13. The molecule has 166 valence electrons. The summed E-state index contributed by atoms with van der Waals surface area (Å²) in [6.07, 6.45) is 2.54. The third-order valence-corrected chi connectivity index (χ3v) is 4.49. The molecular formula is C16H31N7O5S. The van der Waals surface area contributed by atoms with Crippen molar-refractivity contribution in [2.45, 2.75) is 50.2 Å². The van der Waals surface area contributed by atoms with Crippen molar-refractivity contribution in [1.29, 1.82) is 0 Å². The summed E-state index contributed by atoms with van der Waals surface area (Å²) >= 11 is 1.46. The average molecular weight is 434 g/mol. The van der Waals surface area contributed by atoms with Gasteiger partial charge in [0, 0.05) is 13.0 Å². The van der Waals surface area contributed by atoms with E-state index in [2.05, 4.69) is 15.6 Å². The number of nitrogens with zero attached hydrogens (tertiary/aromatic N) is 1. The van der Waals surface area contributed by atoms with E-state index >= 15 is 0 Å². The van der Waals surface area contributed by atoms with Crippen molar-refractivity contribution in [2.75, 3.05) is 18.6 Å². The first-order valence-electron chi connectivity index (χ1n) is 9.00. The molecule has 0 aliphatic heterocycles. The summed E-state index contributed by atoms with van der Waals surface area (Å²) < 4.78 is 0. The Kier molecular flexibility index (Phi) is 13.2. The Bertz CT molecular complexity index is 598. The van der Waals surface area contributed by atoms with Crippen LogP contribution in [0.15, 0.2) is 4.99 Å². The number of thioether (sulfide) groups is 1. The van der Waals surface area contributed by atoms with E-state index in [1.54, 1.807) is 0 Å². The lowest BCUT2D eigenvalue weighted by Crippen LogP contribution is -2.54. The van der Waals surface area contributed by atoms with Gasteiger partial charge in [-0.3, -0.25) is 19.4 Å². The SMILES string of the molecule is CSCCC(NC(=O)C(N)CCCN=C(N)N)C(=O)NC(CCC(N)=O)C(=O)O. The molecule has 3 amide bonds. The summed E-state index contributed by atoms with van der Waals surface area (Å²) in [7, 11) is 0. The summed E-state index contributed by atoms with van der Waals surface area (Å²) in [5, 5.41) is 14.1. The Balaban J connectivity index is 4.88. The molecule has 3 atom stereocenters. The molecule has 0 aliphatic rings. The number of guanidine groups is 1. The van der Waals surface area contributed by atoms with Crippen LogP contribution in [0.5, 0.6) is 0 Å². The number of carbonyl (C=O) groups excluding carboxylic acids is 3. The van der Waals surface area contributed by atoms with Crippen LogP contribution >= 0.6 is 11.8 Å². The van der Waals surface area contributed by atoms with Gasteiger partial charge in [0.2, 0.25) is 17.7 Å². The average Bonchev–Trinajstić information content (AvgIpc) is 2.64. The minimum atomic E-state index is -1.30. The van der Waals surface area contributed by atoms with Crippen molar-refractivity contribution in [2.24, 2.45) is 27.9 Å². The molecule has 29 heavy (non-hydrogen) atoms. The number of amides is 3. The molecule has 0 aromatic carbocycles. The van der Waals surface area contributed by atoms with Crippen LogP contribution in [0, 0.1) is 0 Å². The summed E-state index contributed by atoms with van der Waals surface area (Å²) in [6.45, 7) is 0.319. The monoisotopic (exact) mass is 433 g/mol. The molecule has 11 N–H and O–H groups in total. The van der Waals surface area contributed by atoms with E-state index in [1.165, 1.54) is 11.8 Å². The predicted molar refractivity (Wildman–Crippen MR) is 111 cm³/mol. The molecule has 0 aliphatic carbocycles. The maximum atomic E-state index is 12.5. The highest BCUT2D eigenvalue weighted by Crippen LogP contribution is 2.05. The van der Waals surface area contributed by atoms with E-state index in [9.17, 15) is 24.3 Å². The van der Waals surface area contributed by atoms with Gasteiger partial charge < -0.3 is 38.7 Å². The number of nitrogens with two attached hydrogens (primary N) is 4. The number of aliphatic carboxylic acids is 1. The third-order valence-electron chi connectivity index (χ3n) is 3.84. The zero-order valence-electron chi connectivity index (χ0n) is 16.4. The van der Waals surface area contributed by atoms with Crippen LogP contribution in [-0.2, 0) is 19.2 Å². The molecule has 13 heteroatoms. The number of hydrogen-bond donors (Lipinski definition) is 7. The van der Waals surface area contributed by atoms with Gasteiger partial charge in [0.15, 0.2) is 5.96 Å². The van der Waals surface area contributed by atoms with Gasteiger partial charge in [0.25, 0.3) is 0 Å². The number of rotatable bonds is 15. The Morgan fingerprint density at radius 1 is 1.00 bits per heavy atom. The molecule has 0 fully saturated rings. The first-order valence-corrected chi connectivity index (χ1v) is 10.4. The minimum absolute atomic E-state index is 0.0545. The lowest BCUT2D eigenvalue weighted by Gasteiger charge is -2.22. The van der Waals surface area contributed by atoms with Crippen LogP contribution < -0.4 is 33.6 Å². The van der Waals surface area contributed by atoms with Crippen molar-refractivity contribution < 1.29 is 24.3 Å². The number of primary amides is 1. The van der Waals surface area contributed by atoms with E-state index in [0.717, 1.165) is 0 Å². The van der Waals surface area contributed by atoms with Gasteiger partial charge in [-0.05, 0) is 37.7 Å². The lowest BCUT2D eigenvalue weighted by molar-refractivity contribution is -0.142. The van der Waals surface area contributed by atoms with Gasteiger partial charge in [0.05, 0.1) is 6.04 Å². The number of carboxylic acids is 1. The van der Waals surface area contributed by atoms with Crippen LogP contribution in [0.3, 0.4) is 0 Å². The maximum absolute atomic E-state index is 12.5. The highest BCUT2D eigenvalue weighted by atomic mass is 32.2.